The Hall–Kier alpha value is -2.89. The average molecular weight is 342 g/mol. The Morgan fingerprint density at radius 1 is 1.28 bits per heavy atom. The van der Waals surface area contributed by atoms with Crippen LogP contribution in [0.3, 0.4) is 0 Å². The summed E-state index contributed by atoms with van der Waals surface area (Å²) in [5, 5.41) is 2.79. The highest BCUT2D eigenvalue weighted by molar-refractivity contribution is 5.99. The summed E-state index contributed by atoms with van der Waals surface area (Å²) in [6, 6.07) is 12.4. The highest BCUT2D eigenvalue weighted by atomic mass is 19.1. The van der Waals surface area contributed by atoms with Gasteiger partial charge in [0.05, 0.1) is 12.6 Å². The normalized spacial score (nSPS) is 16.8. The highest BCUT2D eigenvalue weighted by Crippen LogP contribution is 2.24. The number of anilines is 1. The Balaban J connectivity index is 1.65. The number of carbonyl (C=O) groups is 2. The average Bonchev–Trinajstić information content (AvgIpc) is 2.96. The van der Waals surface area contributed by atoms with Gasteiger partial charge in [-0.3, -0.25) is 9.59 Å². The zero-order chi connectivity index (χ0) is 17.8. The Morgan fingerprint density at radius 3 is 2.72 bits per heavy atom. The summed E-state index contributed by atoms with van der Waals surface area (Å²) >= 11 is 0. The lowest BCUT2D eigenvalue weighted by molar-refractivity contribution is -0.117. The smallest absolute Gasteiger partial charge is 0.251 e. The van der Waals surface area contributed by atoms with E-state index < -0.39 is 5.82 Å². The van der Waals surface area contributed by atoms with Crippen LogP contribution in [-0.2, 0) is 4.79 Å². The topological polar surface area (TPSA) is 58.6 Å². The highest BCUT2D eigenvalue weighted by Gasteiger charge is 2.31. The van der Waals surface area contributed by atoms with E-state index in [2.05, 4.69) is 5.32 Å². The third-order valence-corrected chi connectivity index (χ3v) is 4.01. The first-order valence-electron chi connectivity index (χ1n) is 8.16. The van der Waals surface area contributed by atoms with E-state index in [9.17, 15) is 14.0 Å². The maximum Gasteiger partial charge on any atom is 0.251 e. The van der Waals surface area contributed by atoms with Gasteiger partial charge in [0.25, 0.3) is 5.91 Å². The molecule has 0 bridgehead atoms. The van der Waals surface area contributed by atoms with Crippen LogP contribution in [0.4, 0.5) is 10.1 Å². The van der Waals surface area contributed by atoms with Crippen LogP contribution in [0.15, 0.2) is 48.5 Å². The van der Waals surface area contributed by atoms with Crippen molar-refractivity contribution in [1.29, 1.82) is 0 Å². The van der Waals surface area contributed by atoms with Crippen molar-refractivity contribution in [1.82, 2.24) is 5.32 Å². The predicted molar refractivity (Wildman–Crippen MR) is 92.2 cm³/mol. The number of nitrogens with one attached hydrogen (secondary N) is 1. The van der Waals surface area contributed by atoms with Crippen molar-refractivity contribution in [3.63, 3.8) is 0 Å². The molecule has 1 saturated heterocycles. The van der Waals surface area contributed by atoms with Crippen LogP contribution >= 0.6 is 0 Å². The van der Waals surface area contributed by atoms with Gasteiger partial charge in [-0.1, -0.05) is 6.07 Å². The second-order valence-electron chi connectivity index (χ2n) is 5.82. The van der Waals surface area contributed by atoms with Crippen LogP contribution in [0.2, 0.25) is 0 Å². The molecule has 0 aromatic heterocycles. The van der Waals surface area contributed by atoms with Gasteiger partial charge in [-0.15, -0.1) is 0 Å². The minimum Gasteiger partial charge on any atom is -0.494 e. The van der Waals surface area contributed by atoms with Crippen LogP contribution < -0.4 is 15.0 Å². The molecular weight excluding hydrogens is 323 g/mol. The summed E-state index contributed by atoms with van der Waals surface area (Å²) < 4.78 is 18.6. The molecule has 1 N–H and O–H groups in total. The SMILES string of the molecule is CCOc1ccc(N2CC(NC(=O)c3cccc(F)c3)CC2=O)cc1. The number of ether oxygens (including phenoxy) is 1. The molecule has 1 fully saturated rings. The van der Waals surface area contributed by atoms with Crippen molar-refractivity contribution >= 4 is 17.5 Å². The lowest BCUT2D eigenvalue weighted by Gasteiger charge is -2.17. The first kappa shape index (κ1) is 17.0. The van der Waals surface area contributed by atoms with Gasteiger partial charge in [0.1, 0.15) is 11.6 Å². The number of carbonyl (C=O) groups excluding carboxylic acids is 2. The number of nitrogens with zero attached hydrogens (tertiary/aromatic N) is 1. The van der Waals surface area contributed by atoms with Crippen molar-refractivity contribution in [3.05, 3.63) is 59.9 Å². The molecule has 1 unspecified atom stereocenters. The zero-order valence-corrected chi connectivity index (χ0v) is 13.9. The molecule has 0 spiro atoms. The van der Waals surface area contributed by atoms with Gasteiger partial charge < -0.3 is 15.0 Å². The molecule has 2 aromatic rings. The molecule has 5 nitrogen and oxygen atoms in total. The fraction of sp³-hybridized carbons (Fsp3) is 0.263. The molecular formula is C19H19FN2O3. The zero-order valence-electron chi connectivity index (χ0n) is 13.9. The molecule has 6 heteroatoms. The van der Waals surface area contributed by atoms with E-state index in [1.807, 2.05) is 31.2 Å². The monoisotopic (exact) mass is 342 g/mol. The molecule has 0 aliphatic carbocycles. The maximum atomic E-state index is 13.2. The van der Waals surface area contributed by atoms with E-state index >= 15 is 0 Å². The van der Waals surface area contributed by atoms with E-state index in [4.69, 9.17) is 4.74 Å². The van der Waals surface area contributed by atoms with Crippen LogP contribution in [0.5, 0.6) is 5.75 Å². The van der Waals surface area contributed by atoms with Crippen molar-refractivity contribution in [3.8, 4) is 5.75 Å². The molecule has 25 heavy (non-hydrogen) atoms. The summed E-state index contributed by atoms with van der Waals surface area (Å²) in [6.07, 6.45) is 0.217. The van der Waals surface area contributed by atoms with Gasteiger partial charge in [0, 0.05) is 24.2 Å². The second-order valence-corrected chi connectivity index (χ2v) is 5.82. The first-order chi connectivity index (χ1) is 12.1. The molecule has 2 aromatic carbocycles. The minimum atomic E-state index is -0.467. The maximum absolute atomic E-state index is 13.2. The summed E-state index contributed by atoms with van der Waals surface area (Å²) in [4.78, 5) is 26.1. The van der Waals surface area contributed by atoms with Crippen molar-refractivity contribution in [2.75, 3.05) is 18.1 Å². The lowest BCUT2D eigenvalue weighted by atomic mass is 10.2. The number of hydrogen-bond acceptors (Lipinski definition) is 3. The van der Waals surface area contributed by atoms with Crippen LogP contribution in [0.25, 0.3) is 0 Å². The van der Waals surface area contributed by atoms with E-state index in [0.29, 0.717) is 13.2 Å². The molecule has 130 valence electrons. The third kappa shape index (κ3) is 3.96. The van der Waals surface area contributed by atoms with Gasteiger partial charge in [-0.25, -0.2) is 4.39 Å². The number of benzene rings is 2. The lowest BCUT2D eigenvalue weighted by Crippen LogP contribution is -2.37. The summed E-state index contributed by atoms with van der Waals surface area (Å²) in [7, 11) is 0. The molecule has 1 atom stereocenters. The largest absolute Gasteiger partial charge is 0.494 e. The van der Waals surface area contributed by atoms with Crippen molar-refractivity contribution < 1.29 is 18.7 Å². The third-order valence-electron chi connectivity index (χ3n) is 4.01. The van der Waals surface area contributed by atoms with Crippen molar-refractivity contribution in [2.45, 2.75) is 19.4 Å². The Kier molecular flexibility index (Phi) is 4.97. The summed E-state index contributed by atoms with van der Waals surface area (Å²) in [5.41, 5.74) is 1.00. The van der Waals surface area contributed by atoms with Gasteiger partial charge in [-0.05, 0) is 49.4 Å². The Labute approximate surface area is 145 Å². The molecule has 2 amide bonds. The fourth-order valence-corrected chi connectivity index (χ4v) is 2.84. The Bertz CT molecular complexity index is 776. The van der Waals surface area contributed by atoms with E-state index in [1.54, 1.807) is 11.0 Å². The van der Waals surface area contributed by atoms with Gasteiger partial charge in [-0.2, -0.15) is 0 Å². The van der Waals surface area contributed by atoms with Crippen molar-refractivity contribution in [2.24, 2.45) is 0 Å². The molecule has 0 radical (unpaired) electrons. The molecule has 1 heterocycles. The molecule has 1 aliphatic heterocycles. The summed E-state index contributed by atoms with van der Waals surface area (Å²) in [5.74, 6) is -0.167. The number of amides is 2. The number of hydrogen-bond donors (Lipinski definition) is 1. The fourth-order valence-electron chi connectivity index (χ4n) is 2.84. The molecule has 3 rings (SSSR count). The molecule has 1 aliphatic rings. The van der Waals surface area contributed by atoms with Gasteiger partial charge >= 0.3 is 0 Å². The summed E-state index contributed by atoms with van der Waals surface area (Å²) in [6.45, 7) is 2.87. The number of halogens is 1. The first-order valence-corrected chi connectivity index (χ1v) is 8.16. The van der Waals surface area contributed by atoms with E-state index in [1.165, 1.54) is 18.2 Å². The standard InChI is InChI=1S/C19H19FN2O3/c1-2-25-17-8-6-16(7-9-17)22-12-15(11-18(22)23)21-19(24)13-4-3-5-14(20)10-13/h3-10,15H,2,11-12H2,1H3,(H,21,24). The van der Waals surface area contributed by atoms with Crippen LogP contribution in [0.1, 0.15) is 23.7 Å². The van der Waals surface area contributed by atoms with Crippen LogP contribution in [-0.4, -0.2) is 31.0 Å². The van der Waals surface area contributed by atoms with Gasteiger partial charge in [0.15, 0.2) is 0 Å². The minimum absolute atomic E-state index is 0.0614. The Morgan fingerprint density at radius 2 is 2.04 bits per heavy atom. The van der Waals surface area contributed by atoms with Gasteiger partial charge in [0.2, 0.25) is 5.91 Å². The van der Waals surface area contributed by atoms with Crippen LogP contribution in [0, 0.1) is 5.82 Å². The predicted octanol–water partition coefficient (Wildman–Crippen LogP) is 2.76. The molecule has 0 saturated carbocycles. The van der Waals surface area contributed by atoms with E-state index in [0.717, 1.165) is 11.4 Å². The number of rotatable bonds is 5. The quantitative estimate of drug-likeness (QED) is 0.909. The van der Waals surface area contributed by atoms with E-state index in [-0.39, 0.29) is 29.8 Å². The second kappa shape index (κ2) is 7.34.